The van der Waals surface area contributed by atoms with E-state index in [-0.39, 0.29) is 11.6 Å². The highest BCUT2D eigenvalue weighted by Crippen LogP contribution is 2.16. The maximum Gasteiger partial charge on any atom is 0.350 e. The zero-order valence-electron chi connectivity index (χ0n) is 12.2. The van der Waals surface area contributed by atoms with Gasteiger partial charge < -0.3 is 5.32 Å². The minimum absolute atomic E-state index is 0.167. The summed E-state index contributed by atoms with van der Waals surface area (Å²) in [5.41, 5.74) is 1.10. The van der Waals surface area contributed by atoms with Gasteiger partial charge in [0.05, 0.1) is 17.2 Å². The summed E-state index contributed by atoms with van der Waals surface area (Å²) in [7, 11) is 0. The van der Waals surface area contributed by atoms with E-state index in [1.54, 1.807) is 18.3 Å². The number of nitrogens with zero attached hydrogens (tertiary/aromatic N) is 4. The number of pyridine rings is 1. The summed E-state index contributed by atoms with van der Waals surface area (Å²) in [6.45, 7) is 4.33. The van der Waals surface area contributed by atoms with Gasteiger partial charge in [0, 0.05) is 12.7 Å². The van der Waals surface area contributed by atoms with E-state index in [1.807, 2.05) is 19.9 Å². The third kappa shape index (κ3) is 2.64. The Morgan fingerprint density at radius 3 is 2.86 bits per heavy atom. The Bertz CT molecular complexity index is 892. The molecule has 0 aliphatic rings. The fraction of sp³-hybridized carbons (Fsp3) is 0.286. The van der Waals surface area contributed by atoms with Crippen LogP contribution in [0.4, 0.5) is 0 Å². The molecule has 0 spiro atoms. The Morgan fingerprint density at radius 2 is 2.18 bits per heavy atom. The van der Waals surface area contributed by atoms with E-state index in [9.17, 15) is 9.59 Å². The van der Waals surface area contributed by atoms with Crippen LogP contribution in [-0.4, -0.2) is 31.6 Å². The Morgan fingerprint density at radius 1 is 1.36 bits per heavy atom. The van der Waals surface area contributed by atoms with Crippen LogP contribution < -0.4 is 11.0 Å². The number of hydrogen-bond donors (Lipinski definition) is 1. The standard InChI is InChI=1S/C14H15N5O2S/c1-9-12(22-10(2)16-9)13(20)15-6-8-19-14(21)18-7-4-3-5-11(18)17-19/h3-5,7H,6,8H2,1-2H3,(H,15,20). The van der Waals surface area contributed by atoms with Gasteiger partial charge in [-0.2, -0.15) is 0 Å². The van der Waals surface area contributed by atoms with Crippen LogP contribution in [0.3, 0.4) is 0 Å². The Kier molecular flexibility index (Phi) is 3.76. The van der Waals surface area contributed by atoms with Crippen LogP contribution in [-0.2, 0) is 6.54 Å². The molecule has 0 fully saturated rings. The van der Waals surface area contributed by atoms with Crippen molar-refractivity contribution >= 4 is 22.9 Å². The highest BCUT2D eigenvalue weighted by molar-refractivity contribution is 7.13. The first-order valence-corrected chi connectivity index (χ1v) is 7.64. The summed E-state index contributed by atoms with van der Waals surface area (Å²) in [5.74, 6) is -0.167. The second kappa shape index (κ2) is 5.72. The summed E-state index contributed by atoms with van der Waals surface area (Å²) < 4.78 is 2.82. The van der Waals surface area contributed by atoms with Gasteiger partial charge in [-0.25, -0.2) is 14.5 Å². The number of hydrogen-bond acceptors (Lipinski definition) is 5. The number of carbonyl (C=O) groups excluding carboxylic acids is 1. The van der Waals surface area contributed by atoms with Gasteiger partial charge in [-0.3, -0.25) is 9.20 Å². The van der Waals surface area contributed by atoms with E-state index < -0.39 is 0 Å². The lowest BCUT2D eigenvalue weighted by atomic mass is 10.4. The summed E-state index contributed by atoms with van der Waals surface area (Å²) in [5, 5.41) is 7.87. The quantitative estimate of drug-likeness (QED) is 0.778. The summed E-state index contributed by atoms with van der Waals surface area (Å²) in [6.07, 6.45) is 1.67. The zero-order valence-corrected chi connectivity index (χ0v) is 13.1. The Labute approximate surface area is 130 Å². The molecule has 3 aromatic rings. The summed E-state index contributed by atoms with van der Waals surface area (Å²) >= 11 is 1.36. The van der Waals surface area contributed by atoms with Crippen LogP contribution in [0.2, 0.25) is 0 Å². The largest absolute Gasteiger partial charge is 0.350 e. The average Bonchev–Trinajstić information content (AvgIpc) is 2.99. The molecule has 7 nitrogen and oxygen atoms in total. The smallest absolute Gasteiger partial charge is 0.349 e. The van der Waals surface area contributed by atoms with Crippen molar-refractivity contribution in [2.45, 2.75) is 20.4 Å². The molecule has 0 aromatic carbocycles. The average molecular weight is 317 g/mol. The minimum Gasteiger partial charge on any atom is -0.349 e. The van der Waals surface area contributed by atoms with Crippen molar-refractivity contribution < 1.29 is 4.79 Å². The van der Waals surface area contributed by atoms with Crippen LogP contribution in [0.25, 0.3) is 5.65 Å². The van der Waals surface area contributed by atoms with Crippen LogP contribution in [0.1, 0.15) is 20.4 Å². The van der Waals surface area contributed by atoms with Crippen molar-refractivity contribution in [3.8, 4) is 0 Å². The zero-order chi connectivity index (χ0) is 15.7. The Balaban J connectivity index is 1.67. The molecule has 1 amide bonds. The topological polar surface area (TPSA) is 81.3 Å². The number of rotatable bonds is 4. The van der Waals surface area contributed by atoms with Gasteiger partial charge in [0.15, 0.2) is 5.65 Å². The molecule has 0 unspecified atom stereocenters. The fourth-order valence-corrected chi connectivity index (χ4v) is 3.05. The van der Waals surface area contributed by atoms with Crippen molar-refractivity contribution in [3.05, 3.63) is 50.5 Å². The SMILES string of the molecule is Cc1nc(C)c(C(=O)NCCn2nc3ccccn3c2=O)s1. The van der Waals surface area contributed by atoms with Gasteiger partial charge in [0.25, 0.3) is 5.91 Å². The second-order valence-corrected chi connectivity index (χ2v) is 6.04. The van der Waals surface area contributed by atoms with E-state index in [0.29, 0.717) is 23.6 Å². The number of carbonyl (C=O) groups is 1. The number of aromatic nitrogens is 4. The first-order chi connectivity index (χ1) is 10.6. The van der Waals surface area contributed by atoms with Crippen molar-refractivity contribution in [1.82, 2.24) is 24.5 Å². The highest BCUT2D eigenvalue weighted by Gasteiger charge is 2.13. The maximum absolute atomic E-state index is 12.1. The van der Waals surface area contributed by atoms with Crippen LogP contribution in [0.15, 0.2) is 29.2 Å². The number of thiazole rings is 1. The van der Waals surface area contributed by atoms with Crippen molar-refractivity contribution in [2.24, 2.45) is 0 Å². The van der Waals surface area contributed by atoms with Crippen molar-refractivity contribution in [2.75, 3.05) is 6.54 Å². The minimum atomic E-state index is -0.213. The van der Waals surface area contributed by atoms with E-state index >= 15 is 0 Å². The molecule has 22 heavy (non-hydrogen) atoms. The predicted octanol–water partition coefficient (Wildman–Crippen LogP) is 0.999. The lowest BCUT2D eigenvalue weighted by Crippen LogP contribution is -2.31. The molecular formula is C14H15N5O2S. The molecule has 114 valence electrons. The third-order valence-corrected chi connectivity index (χ3v) is 4.28. The molecule has 3 heterocycles. The van der Waals surface area contributed by atoms with E-state index in [1.165, 1.54) is 20.4 Å². The lowest BCUT2D eigenvalue weighted by Gasteiger charge is -2.03. The van der Waals surface area contributed by atoms with Gasteiger partial charge in [-0.1, -0.05) is 6.07 Å². The van der Waals surface area contributed by atoms with Crippen LogP contribution >= 0.6 is 11.3 Å². The lowest BCUT2D eigenvalue weighted by molar-refractivity contribution is 0.0955. The van der Waals surface area contributed by atoms with E-state index in [0.717, 1.165) is 10.7 Å². The monoisotopic (exact) mass is 317 g/mol. The molecule has 3 aromatic heterocycles. The highest BCUT2D eigenvalue weighted by atomic mass is 32.1. The first-order valence-electron chi connectivity index (χ1n) is 6.82. The van der Waals surface area contributed by atoms with Gasteiger partial charge in [0.2, 0.25) is 0 Å². The third-order valence-electron chi connectivity index (χ3n) is 3.21. The van der Waals surface area contributed by atoms with Gasteiger partial charge >= 0.3 is 5.69 Å². The molecule has 0 atom stereocenters. The Hall–Kier alpha value is -2.48. The molecule has 0 bridgehead atoms. The van der Waals surface area contributed by atoms with Crippen LogP contribution in [0.5, 0.6) is 0 Å². The van der Waals surface area contributed by atoms with Gasteiger partial charge in [-0.05, 0) is 26.0 Å². The van der Waals surface area contributed by atoms with Gasteiger partial charge in [-0.15, -0.1) is 16.4 Å². The van der Waals surface area contributed by atoms with Crippen LogP contribution in [0, 0.1) is 13.8 Å². The first kappa shape index (κ1) is 14.5. The molecule has 0 saturated carbocycles. The summed E-state index contributed by atoms with van der Waals surface area (Å²) in [6, 6.07) is 5.36. The normalized spacial score (nSPS) is 11.0. The van der Waals surface area contributed by atoms with E-state index in [2.05, 4.69) is 15.4 Å². The molecule has 0 aliphatic carbocycles. The molecule has 3 rings (SSSR count). The number of fused-ring (bicyclic) bond motifs is 1. The fourth-order valence-electron chi connectivity index (χ4n) is 2.21. The number of amides is 1. The van der Waals surface area contributed by atoms with E-state index in [4.69, 9.17) is 0 Å². The molecular weight excluding hydrogens is 302 g/mol. The molecule has 0 radical (unpaired) electrons. The number of nitrogens with one attached hydrogen (secondary N) is 1. The van der Waals surface area contributed by atoms with Crippen molar-refractivity contribution in [1.29, 1.82) is 0 Å². The molecule has 0 aliphatic heterocycles. The molecule has 1 N–H and O–H groups in total. The molecule has 8 heteroatoms. The number of aryl methyl sites for hydroxylation is 2. The predicted molar refractivity (Wildman–Crippen MR) is 83.4 cm³/mol. The second-order valence-electron chi connectivity index (χ2n) is 4.84. The van der Waals surface area contributed by atoms with Crippen molar-refractivity contribution in [3.63, 3.8) is 0 Å². The molecule has 0 saturated heterocycles. The van der Waals surface area contributed by atoms with Gasteiger partial charge in [0.1, 0.15) is 4.88 Å². The summed E-state index contributed by atoms with van der Waals surface area (Å²) in [4.78, 5) is 29.0. The maximum atomic E-state index is 12.1.